The van der Waals surface area contributed by atoms with Crippen molar-refractivity contribution in [1.29, 1.82) is 0 Å². The molecule has 0 saturated heterocycles. The van der Waals surface area contributed by atoms with E-state index in [1.807, 2.05) is 41.5 Å². The SMILES string of the molecule is CC(C)(C)C1=C(C(C)(C)C)CCCC1.CC(C)(C)C1=C(C(C)(C)C)OC(F)(F)O1.CC(C)(C)C1=C(C(C)(C)C)OCO1.CC1(C)CC(C(C)(C)C)=C(C(C)(C)C)O1. The van der Waals surface area contributed by atoms with Crippen molar-refractivity contribution in [3.63, 3.8) is 0 Å². The van der Waals surface area contributed by atoms with Crippen molar-refractivity contribution in [3.05, 3.63) is 45.5 Å². The zero-order chi connectivity index (χ0) is 45.4. The highest BCUT2D eigenvalue weighted by Gasteiger charge is 2.51. The van der Waals surface area contributed by atoms with Crippen molar-refractivity contribution in [3.8, 4) is 0 Å². The molecule has 0 N–H and O–H groups in total. The first kappa shape index (κ1) is 52.8. The summed E-state index contributed by atoms with van der Waals surface area (Å²) >= 11 is 0. The van der Waals surface area contributed by atoms with Crippen molar-refractivity contribution in [2.75, 3.05) is 6.79 Å². The Balaban J connectivity index is 0.000000381. The summed E-state index contributed by atoms with van der Waals surface area (Å²) in [6, 6.07) is 0. The summed E-state index contributed by atoms with van der Waals surface area (Å²) in [5.74, 6) is 3.68. The van der Waals surface area contributed by atoms with Crippen LogP contribution in [0.3, 0.4) is 0 Å². The summed E-state index contributed by atoms with van der Waals surface area (Å²) in [6.07, 6.45) is 2.99. The van der Waals surface area contributed by atoms with Crippen LogP contribution in [0.4, 0.5) is 8.78 Å². The first-order valence-electron chi connectivity index (χ1n) is 21.5. The van der Waals surface area contributed by atoms with Crippen molar-refractivity contribution < 1.29 is 32.5 Å². The van der Waals surface area contributed by atoms with Crippen LogP contribution in [0.1, 0.15) is 212 Å². The maximum Gasteiger partial charge on any atom is 0.585 e. The van der Waals surface area contributed by atoms with E-state index in [4.69, 9.17) is 14.2 Å². The standard InChI is InChI=1S/C14H26O.C14H26.C11H18F2O2.C11H20O2/c1-12(2,3)10-9-14(7,8)15-11(10)13(4,5)6;1-13(2,3)11-9-7-8-10-12(11)14(4,5)6;1-9(2,3)7-8(10(4,5)6)15-11(12,13)14-7;1-10(2,3)8-9(11(4,5)6)13-7-12-8/h9H2,1-8H3;7-10H2,1-6H3;1-6H3;7H2,1-6H3. The van der Waals surface area contributed by atoms with Crippen molar-refractivity contribution in [2.45, 2.75) is 224 Å². The van der Waals surface area contributed by atoms with Crippen LogP contribution in [-0.2, 0) is 23.7 Å². The number of rotatable bonds is 0. The number of ether oxygens (including phenoxy) is 5. The van der Waals surface area contributed by atoms with Crippen LogP contribution >= 0.6 is 0 Å². The summed E-state index contributed by atoms with van der Waals surface area (Å²) in [5.41, 5.74) is 5.14. The van der Waals surface area contributed by atoms with E-state index in [-0.39, 0.29) is 38.8 Å². The van der Waals surface area contributed by atoms with Crippen LogP contribution in [-0.4, -0.2) is 18.7 Å². The Labute approximate surface area is 351 Å². The molecule has 0 spiro atoms. The highest BCUT2D eigenvalue weighted by Crippen LogP contribution is 2.50. The van der Waals surface area contributed by atoms with E-state index in [0.29, 0.717) is 17.6 Å². The molecule has 0 aromatic rings. The molecule has 0 aromatic heterocycles. The predicted molar refractivity (Wildman–Crippen MR) is 236 cm³/mol. The van der Waals surface area contributed by atoms with E-state index in [2.05, 4.69) is 148 Å². The molecule has 3 aliphatic heterocycles. The molecule has 0 unspecified atom stereocenters. The fourth-order valence-electron chi connectivity index (χ4n) is 7.38. The number of hydrogen-bond donors (Lipinski definition) is 0. The van der Waals surface area contributed by atoms with Gasteiger partial charge >= 0.3 is 6.29 Å². The lowest BCUT2D eigenvalue weighted by Crippen LogP contribution is -2.22. The first-order chi connectivity index (χ1) is 24.8. The van der Waals surface area contributed by atoms with Gasteiger partial charge in [-0.15, -0.1) is 8.78 Å². The third kappa shape index (κ3) is 16.1. The molecular weight excluding hydrogens is 719 g/mol. The van der Waals surface area contributed by atoms with Crippen LogP contribution in [0, 0.1) is 43.3 Å². The second kappa shape index (κ2) is 17.4. The third-order valence-electron chi connectivity index (χ3n) is 10.1. The lowest BCUT2D eigenvalue weighted by atomic mass is 9.69. The van der Waals surface area contributed by atoms with Gasteiger partial charge in [-0.05, 0) is 61.3 Å². The number of allylic oxidation sites excluding steroid dienone is 7. The smallest absolute Gasteiger partial charge is 0.491 e. The lowest BCUT2D eigenvalue weighted by molar-refractivity contribution is -0.342. The van der Waals surface area contributed by atoms with Gasteiger partial charge in [-0.1, -0.05) is 177 Å². The molecule has 0 amide bonds. The van der Waals surface area contributed by atoms with Crippen LogP contribution in [0.2, 0.25) is 0 Å². The average molecular weight is 809 g/mol. The average Bonchev–Trinajstić information content (AvgIpc) is 3.67. The fourth-order valence-corrected chi connectivity index (χ4v) is 7.38. The molecule has 0 radical (unpaired) electrons. The lowest BCUT2D eigenvalue weighted by Gasteiger charge is -2.36. The van der Waals surface area contributed by atoms with Gasteiger partial charge in [-0.3, -0.25) is 0 Å². The zero-order valence-corrected chi connectivity index (χ0v) is 42.0. The maximum absolute atomic E-state index is 13.0. The first-order valence-corrected chi connectivity index (χ1v) is 21.5. The van der Waals surface area contributed by atoms with Crippen LogP contribution in [0.5, 0.6) is 0 Å². The molecule has 7 heteroatoms. The Morgan fingerprint density at radius 3 is 0.877 bits per heavy atom. The van der Waals surface area contributed by atoms with E-state index < -0.39 is 17.1 Å². The Morgan fingerprint density at radius 2 is 0.649 bits per heavy atom. The predicted octanol–water partition coefficient (Wildman–Crippen LogP) is 16.7. The Bertz CT molecular complexity index is 1330. The minimum absolute atomic E-state index is 0.0226. The number of hydrogen-bond acceptors (Lipinski definition) is 5. The Kier molecular flexibility index (Phi) is 16.2. The topological polar surface area (TPSA) is 46.2 Å². The molecule has 3 heterocycles. The monoisotopic (exact) mass is 809 g/mol. The quantitative estimate of drug-likeness (QED) is 0.228. The molecular formula is C50H90F2O5. The van der Waals surface area contributed by atoms with Gasteiger partial charge in [0, 0.05) is 33.5 Å². The van der Waals surface area contributed by atoms with E-state index in [9.17, 15) is 8.78 Å². The molecule has 0 saturated carbocycles. The highest BCUT2D eigenvalue weighted by atomic mass is 19.3. The molecule has 1 aliphatic carbocycles. The normalized spacial score (nSPS) is 20.6. The molecule has 4 rings (SSSR count). The molecule has 0 atom stereocenters. The minimum atomic E-state index is -3.52. The molecule has 5 nitrogen and oxygen atoms in total. The van der Waals surface area contributed by atoms with E-state index in [1.54, 1.807) is 11.1 Å². The van der Waals surface area contributed by atoms with E-state index >= 15 is 0 Å². The summed E-state index contributed by atoms with van der Waals surface area (Å²) in [5, 5.41) is 0. The molecule has 0 bridgehead atoms. The van der Waals surface area contributed by atoms with Gasteiger partial charge < -0.3 is 23.7 Å². The largest absolute Gasteiger partial charge is 0.585 e. The van der Waals surface area contributed by atoms with Crippen LogP contribution in [0.25, 0.3) is 0 Å². The summed E-state index contributed by atoms with van der Waals surface area (Å²) in [4.78, 5) is 0. The zero-order valence-electron chi connectivity index (χ0n) is 42.0. The van der Waals surface area contributed by atoms with Gasteiger partial charge in [-0.25, -0.2) is 0 Å². The number of alkyl halides is 2. The van der Waals surface area contributed by atoms with Crippen LogP contribution in [0.15, 0.2) is 45.5 Å². The fraction of sp³-hybridized carbons (Fsp3) is 0.840. The van der Waals surface area contributed by atoms with Crippen molar-refractivity contribution >= 4 is 0 Å². The van der Waals surface area contributed by atoms with Crippen molar-refractivity contribution in [1.82, 2.24) is 0 Å². The third-order valence-corrected chi connectivity index (χ3v) is 10.1. The van der Waals surface area contributed by atoms with E-state index in [1.165, 1.54) is 37.0 Å². The van der Waals surface area contributed by atoms with Crippen molar-refractivity contribution in [2.24, 2.45) is 43.3 Å². The highest BCUT2D eigenvalue weighted by molar-refractivity contribution is 5.28. The van der Waals surface area contributed by atoms with Gasteiger partial charge in [0.05, 0.1) is 0 Å². The summed E-state index contributed by atoms with van der Waals surface area (Å²) < 4.78 is 52.4. The molecule has 0 fully saturated rings. The second-order valence-corrected chi connectivity index (χ2v) is 25.4. The summed E-state index contributed by atoms with van der Waals surface area (Å²) in [7, 11) is 0. The molecule has 57 heavy (non-hydrogen) atoms. The van der Waals surface area contributed by atoms with Crippen LogP contribution < -0.4 is 0 Å². The Morgan fingerprint density at radius 1 is 0.368 bits per heavy atom. The van der Waals surface area contributed by atoms with Gasteiger partial charge in [0.15, 0.2) is 11.5 Å². The van der Waals surface area contributed by atoms with Gasteiger partial charge in [0.25, 0.3) is 0 Å². The Hall–Kier alpha value is -2.18. The molecule has 4 aliphatic rings. The van der Waals surface area contributed by atoms with E-state index in [0.717, 1.165) is 17.9 Å². The van der Waals surface area contributed by atoms with Gasteiger partial charge in [0.2, 0.25) is 6.79 Å². The molecule has 0 aromatic carbocycles. The number of halogens is 2. The minimum Gasteiger partial charge on any atom is -0.491 e. The maximum atomic E-state index is 13.0. The molecule has 334 valence electrons. The van der Waals surface area contributed by atoms with Gasteiger partial charge in [-0.2, -0.15) is 0 Å². The summed E-state index contributed by atoms with van der Waals surface area (Å²) in [6.45, 7) is 56.2. The van der Waals surface area contributed by atoms with Gasteiger partial charge in [0.1, 0.15) is 22.9 Å². The second-order valence-electron chi connectivity index (χ2n) is 25.4.